The van der Waals surface area contributed by atoms with Gasteiger partial charge in [0, 0.05) is 12.7 Å². The Balaban J connectivity index is 3.41. The summed E-state index contributed by atoms with van der Waals surface area (Å²) >= 11 is 2.96. The van der Waals surface area contributed by atoms with Crippen LogP contribution in [0, 0.1) is 11.3 Å². The molecule has 0 bridgehead atoms. The first-order valence-electron chi connectivity index (χ1n) is 3.67. The van der Waals surface area contributed by atoms with Gasteiger partial charge in [-0.25, -0.2) is 8.78 Å². The Morgan fingerprint density at radius 2 is 2.29 bits per heavy atom. The topological polar surface area (TPSA) is 62.7 Å². The maximum Gasteiger partial charge on any atom is 0.266 e. The second-order valence-electron chi connectivity index (χ2n) is 2.46. The van der Waals surface area contributed by atoms with Crippen LogP contribution in [0.3, 0.4) is 0 Å². The third-order valence-corrected chi connectivity index (χ3v) is 2.55. The van der Waals surface area contributed by atoms with Gasteiger partial charge in [0.25, 0.3) is 6.43 Å². The van der Waals surface area contributed by atoms with Crippen LogP contribution in [-0.4, -0.2) is 4.98 Å². The van der Waals surface area contributed by atoms with Crippen LogP contribution in [0.25, 0.3) is 0 Å². The number of nitrogens with two attached hydrogens (primary N) is 1. The monoisotopic (exact) mass is 261 g/mol. The van der Waals surface area contributed by atoms with Crippen molar-refractivity contribution in [2.75, 3.05) is 0 Å². The third-order valence-electron chi connectivity index (χ3n) is 1.66. The van der Waals surface area contributed by atoms with Crippen LogP contribution < -0.4 is 5.73 Å². The zero-order valence-corrected chi connectivity index (χ0v) is 8.55. The van der Waals surface area contributed by atoms with Crippen molar-refractivity contribution in [1.29, 1.82) is 5.26 Å². The lowest BCUT2D eigenvalue weighted by molar-refractivity contribution is 0.150. The molecule has 1 heterocycles. The van der Waals surface area contributed by atoms with Crippen molar-refractivity contribution in [1.82, 2.24) is 4.98 Å². The second kappa shape index (κ2) is 4.44. The average molecular weight is 262 g/mol. The van der Waals surface area contributed by atoms with Crippen molar-refractivity contribution in [3.8, 4) is 6.07 Å². The van der Waals surface area contributed by atoms with Gasteiger partial charge in [-0.15, -0.1) is 0 Å². The first-order valence-corrected chi connectivity index (χ1v) is 4.46. The summed E-state index contributed by atoms with van der Waals surface area (Å²) < 4.78 is 25.2. The average Bonchev–Trinajstić information content (AvgIpc) is 2.16. The Bertz CT molecular complexity index is 387. The maximum atomic E-state index is 12.5. The maximum absolute atomic E-state index is 12.5. The van der Waals surface area contributed by atoms with Gasteiger partial charge in [-0.1, -0.05) is 0 Å². The molecule has 1 aromatic heterocycles. The minimum absolute atomic E-state index is 0.0476. The van der Waals surface area contributed by atoms with E-state index in [4.69, 9.17) is 11.0 Å². The standard InChI is InChI=1S/C8H6BrF2N3/c9-7-5(2-13)14-3-4(1-12)6(7)8(10)11/h3,8H,2,13H2. The fourth-order valence-electron chi connectivity index (χ4n) is 0.987. The van der Waals surface area contributed by atoms with Gasteiger partial charge in [-0.05, 0) is 15.9 Å². The van der Waals surface area contributed by atoms with Gasteiger partial charge in [-0.2, -0.15) is 5.26 Å². The van der Waals surface area contributed by atoms with Crippen molar-refractivity contribution < 1.29 is 8.78 Å². The van der Waals surface area contributed by atoms with E-state index >= 15 is 0 Å². The van der Waals surface area contributed by atoms with Gasteiger partial charge < -0.3 is 5.73 Å². The van der Waals surface area contributed by atoms with Crippen molar-refractivity contribution in [2.24, 2.45) is 5.73 Å². The SMILES string of the molecule is N#Cc1cnc(CN)c(Br)c1C(F)F. The molecule has 1 aromatic rings. The Labute approximate surface area is 87.7 Å². The number of nitriles is 1. The Hall–Kier alpha value is -1.06. The molecule has 14 heavy (non-hydrogen) atoms. The summed E-state index contributed by atoms with van der Waals surface area (Å²) in [6, 6.07) is 1.66. The summed E-state index contributed by atoms with van der Waals surface area (Å²) in [6.45, 7) is 0.0476. The van der Waals surface area contributed by atoms with Crippen molar-refractivity contribution >= 4 is 15.9 Å². The van der Waals surface area contributed by atoms with E-state index in [9.17, 15) is 8.78 Å². The number of alkyl halides is 2. The second-order valence-corrected chi connectivity index (χ2v) is 3.26. The van der Waals surface area contributed by atoms with E-state index < -0.39 is 6.43 Å². The molecule has 0 unspecified atom stereocenters. The molecule has 0 amide bonds. The zero-order chi connectivity index (χ0) is 10.7. The number of halogens is 3. The quantitative estimate of drug-likeness (QED) is 0.887. The highest BCUT2D eigenvalue weighted by Crippen LogP contribution is 2.31. The van der Waals surface area contributed by atoms with Crippen LogP contribution in [0.15, 0.2) is 10.7 Å². The highest BCUT2D eigenvalue weighted by atomic mass is 79.9. The van der Waals surface area contributed by atoms with E-state index in [-0.39, 0.29) is 22.1 Å². The van der Waals surface area contributed by atoms with Crippen LogP contribution in [-0.2, 0) is 6.54 Å². The van der Waals surface area contributed by atoms with Gasteiger partial charge in [0.15, 0.2) is 0 Å². The molecule has 6 heteroatoms. The summed E-state index contributed by atoms with van der Waals surface area (Å²) in [5.41, 5.74) is 5.13. The molecule has 0 saturated carbocycles. The van der Waals surface area contributed by atoms with Crippen molar-refractivity contribution in [2.45, 2.75) is 13.0 Å². The van der Waals surface area contributed by atoms with Crippen LogP contribution in [0.1, 0.15) is 23.2 Å². The van der Waals surface area contributed by atoms with E-state index in [1.165, 1.54) is 0 Å². The number of hydrogen-bond acceptors (Lipinski definition) is 3. The molecule has 0 saturated heterocycles. The minimum atomic E-state index is -2.72. The van der Waals surface area contributed by atoms with Crippen LogP contribution in [0.4, 0.5) is 8.78 Å². The fourth-order valence-corrected chi connectivity index (χ4v) is 1.64. The van der Waals surface area contributed by atoms with E-state index in [0.717, 1.165) is 6.20 Å². The Morgan fingerprint density at radius 3 is 2.71 bits per heavy atom. The van der Waals surface area contributed by atoms with Crippen LogP contribution in [0.5, 0.6) is 0 Å². The summed E-state index contributed by atoms with van der Waals surface area (Å²) in [5.74, 6) is 0. The minimum Gasteiger partial charge on any atom is -0.325 e. The molecule has 3 nitrogen and oxygen atoms in total. The lowest BCUT2D eigenvalue weighted by Crippen LogP contribution is -2.05. The predicted octanol–water partition coefficient (Wildman–Crippen LogP) is 2.11. The Morgan fingerprint density at radius 1 is 1.64 bits per heavy atom. The number of aromatic nitrogens is 1. The summed E-state index contributed by atoms with van der Waals surface area (Å²) in [6.07, 6.45) is -1.61. The number of rotatable bonds is 2. The molecular weight excluding hydrogens is 256 g/mol. The first kappa shape index (κ1) is 11.0. The van der Waals surface area contributed by atoms with E-state index in [1.807, 2.05) is 0 Å². The van der Waals surface area contributed by atoms with Gasteiger partial charge in [0.05, 0.1) is 21.3 Å². The van der Waals surface area contributed by atoms with Crippen molar-refractivity contribution in [3.05, 3.63) is 27.5 Å². The molecule has 0 aliphatic heterocycles. The molecule has 74 valence electrons. The summed E-state index contributed by atoms with van der Waals surface area (Å²) in [5, 5.41) is 8.58. The molecule has 0 aliphatic carbocycles. The number of pyridine rings is 1. The molecule has 0 atom stereocenters. The molecule has 0 spiro atoms. The van der Waals surface area contributed by atoms with Crippen LogP contribution in [0.2, 0.25) is 0 Å². The van der Waals surface area contributed by atoms with Gasteiger partial charge in [-0.3, -0.25) is 4.98 Å². The molecule has 0 aliphatic rings. The van der Waals surface area contributed by atoms with Gasteiger partial charge in [0.2, 0.25) is 0 Å². The van der Waals surface area contributed by atoms with Crippen LogP contribution >= 0.6 is 15.9 Å². The normalized spacial score (nSPS) is 10.3. The van der Waals surface area contributed by atoms with Gasteiger partial charge in [0.1, 0.15) is 6.07 Å². The molecule has 2 N–H and O–H groups in total. The lowest BCUT2D eigenvalue weighted by Gasteiger charge is -2.08. The summed E-state index contributed by atoms with van der Waals surface area (Å²) in [4.78, 5) is 3.78. The zero-order valence-electron chi connectivity index (χ0n) is 6.97. The van der Waals surface area contributed by atoms with Gasteiger partial charge >= 0.3 is 0 Å². The number of nitrogens with zero attached hydrogens (tertiary/aromatic N) is 2. The largest absolute Gasteiger partial charge is 0.325 e. The molecule has 0 fully saturated rings. The third kappa shape index (κ3) is 1.89. The predicted molar refractivity (Wildman–Crippen MR) is 49.5 cm³/mol. The highest BCUT2D eigenvalue weighted by Gasteiger charge is 2.19. The molecule has 1 rings (SSSR count). The Kier molecular flexibility index (Phi) is 3.49. The van der Waals surface area contributed by atoms with E-state index in [1.54, 1.807) is 6.07 Å². The highest BCUT2D eigenvalue weighted by molar-refractivity contribution is 9.10. The van der Waals surface area contributed by atoms with Crippen molar-refractivity contribution in [3.63, 3.8) is 0 Å². The van der Waals surface area contributed by atoms with E-state index in [2.05, 4.69) is 20.9 Å². The summed E-state index contributed by atoms with van der Waals surface area (Å²) in [7, 11) is 0. The smallest absolute Gasteiger partial charge is 0.266 e. The molecule has 0 radical (unpaired) electrons. The first-order chi connectivity index (χ1) is 6.61. The molecule has 0 aromatic carbocycles. The fraction of sp³-hybridized carbons (Fsp3) is 0.250. The van der Waals surface area contributed by atoms with E-state index in [0.29, 0.717) is 5.69 Å². The molecular formula is C8H6BrF2N3. The lowest BCUT2D eigenvalue weighted by atomic mass is 10.1. The number of hydrogen-bond donors (Lipinski definition) is 1.